The average molecular weight is 282 g/mol. The third kappa shape index (κ3) is 3.52. The van der Waals surface area contributed by atoms with E-state index in [1.165, 1.54) is 18.5 Å². The molecular formula is C11H14N4O3S. The van der Waals surface area contributed by atoms with Crippen molar-refractivity contribution in [3.63, 3.8) is 0 Å². The number of rotatable bonds is 6. The number of imidazole rings is 1. The van der Waals surface area contributed by atoms with Crippen LogP contribution in [0.4, 0.5) is 0 Å². The van der Waals surface area contributed by atoms with Crippen LogP contribution in [0.3, 0.4) is 0 Å². The first-order valence-electron chi connectivity index (χ1n) is 5.72. The van der Waals surface area contributed by atoms with Gasteiger partial charge < -0.3 is 9.55 Å². The van der Waals surface area contributed by atoms with Gasteiger partial charge in [-0.25, -0.2) is 18.1 Å². The smallest absolute Gasteiger partial charge is 0.245 e. The summed E-state index contributed by atoms with van der Waals surface area (Å²) in [6.07, 6.45) is 8.31. The minimum absolute atomic E-state index is 0.259. The van der Waals surface area contributed by atoms with Gasteiger partial charge in [0.05, 0.1) is 6.33 Å². The lowest BCUT2D eigenvalue weighted by atomic mass is 10.4. The van der Waals surface area contributed by atoms with Crippen molar-refractivity contribution in [1.82, 2.24) is 19.3 Å². The second kappa shape index (κ2) is 5.81. The van der Waals surface area contributed by atoms with Crippen molar-refractivity contribution in [3.8, 4) is 0 Å². The maximum Gasteiger partial charge on any atom is 0.245 e. The molecule has 0 aliphatic heterocycles. The highest BCUT2D eigenvalue weighted by molar-refractivity contribution is 7.89. The summed E-state index contributed by atoms with van der Waals surface area (Å²) in [5.74, 6) is 0. The van der Waals surface area contributed by atoms with E-state index in [1.807, 2.05) is 4.57 Å². The molecule has 0 aliphatic rings. The Labute approximate surface area is 110 Å². The monoisotopic (exact) mass is 282 g/mol. The number of hydrogen-bond acceptors (Lipinski definition) is 4. The number of aromatic amines is 1. The van der Waals surface area contributed by atoms with Crippen molar-refractivity contribution < 1.29 is 8.42 Å². The van der Waals surface area contributed by atoms with E-state index in [0.717, 1.165) is 0 Å². The summed E-state index contributed by atoms with van der Waals surface area (Å²) in [5.41, 5.74) is -0.527. The number of aryl methyl sites for hydroxylation is 1. The second-order valence-electron chi connectivity index (χ2n) is 3.92. The molecule has 0 unspecified atom stereocenters. The highest BCUT2D eigenvalue weighted by atomic mass is 32.2. The van der Waals surface area contributed by atoms with Crippen LogP contribution in [0.2, 0.25) is 0 Å². The van der Waals surface area contributed by atoms with Crippen LogP contribution in [0.5, 0.6) is 0 Å². The van der Waals surface area contributed by atoms with Crippen molar-refractivity contribution in [3.05, 3.63) is 47.4 Å². The molecule has 0 saturated carbocycles. The van der Waals surface area contributed by atoms with Gasteiger partial charge in [0, 0.05) is 43.9 Å². The van der Waals surface area contributed by atoms with Crippen molar-refractivity contribution >= 4 is 10.0 Å². The van der Waals surface area contributed by atoms with Crippen molar-refractivity contribution in [2.24, 2.45) is 0 Å². The minimum Gasteiger partial charge on any atom is -0.366 e. The van der Waals surface area contributed by atoms with Gasteiger partial charge in [-0.3, -0.25) is 4.79 Å². The predicted molar refractivity (Wildman–Crippen MR) is 69.1 cm³/mol. The molecule has 0 saturated heterocycles. The first kappa shape index (κ1) is 13.5. The average Bonchev–Trinajstić information content (AvgIpc) is 2.88. The lowest BCUT2D eigenvalue weighted by Crippen LogP contribution is -2.29. The van der Waals surface area contributed by atoms with Gasteiger partial charge in [-0.15, -0.1) is 0 Å². The Bertz CT molecular complexity index is 676. The molecule has 2 aromatic rings. The quantitative estimate of drug-likeness (QED) is 0.725. The van der Waals surface area contributed by atoms with Crippen LogP contribution in [-0.4, -0.2) is 29.5 Å². The Morgan fingerprint density at radius 2 is 2.26 bits per heavy atom. The van der Waals surface area contributed by atoms with E-state index in [-0.39, 0.29) is 11.4 Å². The Hall–Kier alpha value is -1.93. The zero-order valence-electron chi connectivity index (χ0n) is 10.1. The van der Waals surface area contributed by atoms with Crippen LogP contribution in [-0.2, 0) is 16.6 Å². The van der Waals surface area contributed by atoms with Gasteiger partial charge in [-0.1, -0.05) is 0 Å². The molecule has 0 amide bonds. The standard InChI is InChI=1S/C11H14N4O3S/c16-10-2-4-12-8-11(10)19(17,18)14-3-1-6-15-7-5-13-9-15/h2,4-5,7-9,14H,1,3,6H2,(H,12,16). The Morgan fingerprint density at radius 1 is 1.42 bits per heavy atom. The number of nitrogens with one attached hydrogen (secondary N) is 2. The molecule has 0 radical (unpaired) electrons. The maximum absolute atomic E-state index is 11.9. The van der Waals surface area contributed by atoms with Crippen LogP contribution >= 0.6 is 0 Å². The fraction of sp³-hybridized carbons (Fsp3) is 0.273. The van der Waals surface area contributed by atoms with Gasteiger partial charge in [0.25, 0.3) is 0 Å². The number of aromatic nitrogens is 3. The topological polar surface area (TPSA) is 96.9 Å². The van der Waals surface area contributed by atoms with E-state index in [1.54, 1.807) is 18.7 Å². The van der Waals surface area contributed by atoms with Gasteiger partial charge in [0.15, 0.2) is 0 Å². The van der Waals surface area contributed by atoms with E-state index < -0.39 is 15.5 Å². The van der Waals surface area contributed by atoms with Gasteiger partial charge in [-0.05, 0) is 6.42 Å². The molecule has 2 rings (SSSR count). The van der Waals surface area contributed by atoms with Crippen LogP contribution in [0.15, 0.2) is 46.9 Å². The summed E-state index contributed by atoms with van der Waals surface area (Å²) < 4.78 is 28.0. The summed E-state index contributed by atoms with van der Waals surface area (Å²) >= 11 is 0. The third-order valence-electron chi connectivity index (χ3n) is 2.52. The largest absolute Gasteiger partial charge is 0.366 e. The van der Waals surface area contributed by atoms with E-state index >= 15 is 0 Å². The summed E-state index contributed by atoms with van der Waals surface area (Å²) in [6, 6.07) is 1.18. The highest BCUT2D eigenvalue weighted by Crippen LogP contribution is 2.00. The molecule has 0 aromatic carbocycles. The summed E-state index contributed by atoms with van der Waals surface area (Å²) in [5, 5.41) is 0. The predicted octanol–water partition coefficient (Wildman–Crippen LogP) is -0.0600. The van der Waals surface area contributed by atoms with Gasteiger partial charge >= 0.3 is 0 Å². The summed E-state index contributed by atoms with van der Waals surface area (Å²) in [6.45, 7) is 0.919. The minimum atomic E-state index is -3.75. The van der Waals surface area contributed by atoms with E-state index in [0.29, 0.717) is 13.0 Å². The first-order valence-corrected chi connectivity index (χ1v) is 7.20. The number of sulfonamides is 1. The molecule has 0 bridgehead atoms. The molecule has 0 atom stereocenters. The normalized spacial score (nSPS) is 11.6. The van der Waals surface area contributed by atoms with Gasteiger partial charge in [0.1, 0.15) is 4.90 Å². The fourth-order valence-electron chi connectivity index (χ4n) is 1.58. The van der Waals surface area contributed by atoms with Crippen molar-refractivity contribution in [2.45, 2.75) is 17.9 Å². The van der Waals surface area contributed by atoms with Crippen LogP contribution in [0, 0.1) is 0 Å². The Morgan fingerprint density at radius 3 is 2.95 bits per heavy atom. The molecule has 102 valence electrons. The Kier molecular flexibility index (Phi) is 4.13. The molecule has 7 nitrogen and oxygen atoms in total. The SMILES string of the molecule is O=c1cc[nH]cc1S(=O)(=O)NCCCn1ccnc1. The molecule has 0 aliphatic carbocycles. The van der Waals surface area contributed by atoms with E-state index in [4.69, 9.17) is 0 Å². The highest BCUT2D eigenvalue weighted by Gasteiger charge is 2.16. The molecule has 19 heavy (non-hydrogen) atoms. The van der Waals surface area contributed by atoms with Crippen LogP contribution in [0.1, 0.15) is 6.42 Å². The van der Waals surface area contributed by atoms with Crippen molar-refractivity contribution in [2.75, 3.05) is 6.54 Å². The molecular weight excluding hydrogens is 268 g/mol. The first-order chi connectivity index (χ1) is 9.09. The zero-order valence-corrected chi connectivity index (χ0v) is 10.9. The Balaban J connectivity index is 1.92. The molecule has 2 aromatic heterocycles. The number of nitrogens with zero attached hydrogens (tertiary/aromatic N) is 2. The molecule has 2 N–H and O–H groups in total. The molecule has 8 heteroatoms. The van der Waals surface area contributed by atoms with Crippen LogP contribution in [0.25, 0.3) is 0 Å². The maximum atomic E-state index is 11.9. The second-order valence-corrected chi connectivity index (χ2v) is 5.66. The third-order valence-corrected chi connectivity index (χ3v) is 4.00. The molecule has 0 fully saturated rings. The van der Waals surface area contributed by atoms with Crippen molar-refractivity contribution in [1.29, 1.82) is 0 Å². The lowest BCUT2D eigenvalue weighted by Gasteiger charge is -2.06. The lowest BCUT2D eigenvalue weighted by molar-refractivity contribution is 0.568. The van der Waals surface area contributed by atoms with E-state index in [9.17, 15) is 13.2 Å². The molecule has 2 heterocycles. The van der Waals surface area contributed by atoms with Gasteiger partial charge in [0.2, 0.25) is 15.5 Å². The van der Waals surface area contributed by atoms with Gasteiger partial charge in [-0.2, -0.15) is 0 Å². The van der Waals surface area contributed by atoms with E-state index in [2.05, 4.69) is 14.7 Å². The number of H-pyrrole nitrogens is 1. The fourth-order valence-corrected chi connectivity index (χ4v) is 2.70. The summed E-state index contributed by atoms with van der Waals surface area (Å²) in [4.78, 5) is 17.6. The zero-order chi connectivity index (χ0) is 13.7. The number of hydrogen-bond donors (Lipinski definition) is 2. The summed E-state index contributed by atoms with van der Waals surface area (Å²) in [7, 11) is -3.75. The number of pyridine rings is 1. The van der Waals surface area contributed by atoms with Crippen LogP contribution < -0.4 is 10.2 Å². The molecule has 0 spiro atoms.